The van der Waals surface area contributed by atoms with E-state index in [4.69, 9.17) is 4.74 Å². The summed E-state index contributed by atoms with van der Waals surface area (Å²) in [6.45, 7) is 0.761. The van der Waals surface area contributed by atoms with Gasteiger partial charge in [0.15, 0.2) is 17.6 Å². The number of aliphatic hydroxyl groups excluding tert-OH is 1. The van der Waals surface area contributed by atoms with Gasteiger partial charge in [-0.05, 0) is 37.8 Å². The normalized spacial score (nSPS) is 24.6. The Morgan fingerprint density at radius 1 is 1.32 bits per heavy atom. The lowest BCUT2D eigenvalue weighted by molar-refractivity contribution is -0.141. The van der Waals surface area contributed by atoms with Gasteiger partial charge in [0.25, 0.3) is 0 Å². The van der Waals surface area contributed by atoms with Crippen LogP contribution in [0.2, 0.25) is 0 Å². The van der Waals surface area contributed by atoms with Gasteiger partial charge in [-0.15, -0.1) is 0 Å². The van der Waals surface area contributed by atoms with E-state index in [-0.39, 0.29) is 23.2 Å². The number of hydrogen-bond acceptors (Lipinski definition) is 5. The van der Waals surface area contributed by atoms with E-state index >= 15 is 0 Å². The molecule has 1 aromatic rings. The second kappa shape index (κ2) is 6.32. The minimum Gasteiger partial charge on any atom is -0.507 e. The minimum atomic E-state index is -0.715. The SMILES string of the molecule is O=C1OC(CCc2ccccc2)C(O)=C1C(=O)[C@@H]1CCCN1. The number of carbonyl (C=O) groups excluding carboxylic acids is 2. The van der Waals surface area contributed by atoms with E-state index in [0.717, 1.165) is 18.5 Å². The van der Waals surface area contributed by atoms with Crippen LogP contribution in [0.5, 0.6) is 0 Å². The highest BCUT2D eigenvalue weighted by molar-refractivity contribution is 6.20. The van der Waals surface area contributed by atoms with E-state index in [2.05, 4.69) is 5.32 Å². The van der Waals surface area contributed by atoms with Crippen LogP contribution in [0, 0.1) is 0 Å². The van der Waals surface area contributed by atoms with Crippen LogP contribution in [0.1, 0.15) is 24.8 Å². The third kappa shape index (κ3) is 2.90. The molecule has 3 rings (SSSR count). The Labute approximate surface area is 129 Å². The summed E-state index contributed by atoms with van der Waals surface area (Å²) in [6, 6.07) is 9.39. The van der Waals surface area contributed by atoms with Gasteiger partial charge in [0, 0.05) is 0 Å². The lowest BCUT2D eigenvalue weighted by atomic mass is 10.00. The second-order valence-electron chi connectivity index (χ2n) is 5.69. The van der Waals surface area contributed by atoms with Gasteiger partial charge in [-0.1, -0.05) is 30.3 Å². The molecule has 1 aromatic carbocycles. The first-order valence-electron chi connectivity index (χ1n) is 7.62. The molecule has 0 bridgehead atoms. The number of cyclic esters (lactones) is 1. The highest BCUT2D eigenvalue weighted by atomic mass is 16.6. The zero-order valence-electron chi connectivity index (χ0n) is 12.2. The molecule has 116 valence electrons. The van der Waals surface area contributed by atoms with Crippen molar-refractivity contribution in [3.8, 4) is 0 Å². The summed E-state index contributed by atoms with van der Waals surface area (Å²) < 4.78 is 5.18. The van der Waals surface area contributed by atoms with Crippen LogP contribution < -0.4 is 5.32 Å². The van der Waals surface area contributed by atoms with E-state index in [1.807, 2.05) is 30.3 Å². The van der Waals surface area contributed by atoms with Crippen LogP contribution in [-0.2, 0) is 20.7 Å². The molecule has 5 nitrogen and oxygen atoms in total. The third-order valence-electron chi connectivity index (χ3n) is 4.18. The van der Waals surface area contributed by atoms with Crippen molar-refractivity contribution >= 4 is 11.8 Å². The summed E-state index contributed by atoms with van der Waals surface area (Å²) in [5.41, 5.74) is 0.932. The molecule has 2 aliphatic heterocycles. The number of aliphatic hydroxyl groups is 1. The molecule has 0 amide bonds. The van der Waals surface area contributed by atoms with Crippen molar-refractivity contribution in [2.24, 2.45) is 0 Å². The minimum absolute atomic E-state index is 0.169. The number of hydrogen-bond donors (Lipinski definition) is 2. The van der Waals surface area contributed by atoms with E-state index in [1.165, 1.54) is 0 Å². The van der Waals surface area contributed by atoms with Crippen molar-refractivity contribution in [2.45, 2.75) is 37.8 Å². The zero-order valence-corrected chi connectivity index (χ0v) is 12.2. The number of ketones is 1. The lowest BCUT2D eigenvalue weighted by Crippen LogP contribution is -2.33. The number of Topliss-reactive ketones (excluding diaryl/α,β-unsaturated/α-hetero) is 1. The quantitative estimate of drug-likeness (QED) is 0.639. The highest BCUT2D eigenvalue weighted by Crippen LogP contribution is 2.27. The molecule has 1 unspecified atom stereocenters. The van der Waals surface area contributed by atoms with Gasteiger partial charge in [0.1, 0.15) is 5.57 Å². The summed E-state index contributed by atoms with van der Waals surface area (Å²) in [6.07, 6.45) is 2.02. The Morgan fingerprint density at radius 2 is 2.09 bits per heavy atom. The maximum absolute atomic E-state index is 12.3. The maximum atomic E-state index is 12.3. The smallest absolute Gasteiger partial charge is 0.346 e. The fourth-order valence-electron chi connectivity index (χ4n) is 2.96. The molecule has 5 heteroatoms. The highest BCUT2D eigenvalue weighted by Gasteiger charge is 2.40. The monoisotopic (exact) mass is 301 g/mol. The topological polar surface area (TPSA) is 75.6 Å². The predicted octanol–water partition coefficient (Wildman–Crippen LogP) is 1.68. The Balaban J connectivity index is 1.69. The predicted molar refractivity (Wildman–Crippen MR) is 80.3 cm³/mol. The molecule has 2 aliphatic rings. The van der Waals surface area contributed by atoms with Gasteiger partial charge in [0.2, 0.25) is 0 Å². The van der Waals surface area contributed by atoms with Crippen LogP contribution in [0.4, 0.5) is 0 Å². The molecule has 1 saturated heterocycles. The fourth-order valence-corrected chi connectivity index (χ4v) is 2.96. The van der Waals surface area contributed by atoms with Crippen molar-refractivity contribution in [2.75, 3.05) is 6.54 Å². The van der Waals surface area contributed by atoms with Gasteiger partial charge in [-0.2, -0.15) is 0 Å². The first-order chi connectivity index (χ1) is 10.7. The van der Waals surface area contributed by atoms with Crippen LogP contribution in [0.3, 0.4) is 0 Å². The number of nitrogens with one attached hydrogen (secondary N) is 1. The number of esters is 1. The summed E-state index contributed by atoms with van der Waals surface area (Å²) in [7, 11) is 0. The van der Waals surface area contributed by atoms with Gasteiger partial charge >= 0.3 is 5.97 Å². The number of benzene rings is 1. The molecular formula is C17H19NO4. The van der Waals surface area contributed by atoms with Crippen molar-refractivity contribution in [3.63, 3.8) is 0 Å². The molecule has 0 saturated carbocycles. The standard InChI is InChI=1S/C17H19NO4/c19-15(12-7-4-10-18-12)14-16(20)13(22-17(14)21)9-8-11-5-2-1-3-6-11/h1-3,5-6,12-13,18,20H,4,7-10H2/t12-,13?/m0/s1. The van der Waals surface area contributed by atoms with Crippen molar-refractivity contribution in [1.82, 2.24) is 5.32 Å². The number of rotatable bonds is 5. The van der Waals surface area contributed by atoms with E-state index in [1.54, 1.807) is 0 Å². The Morgan fingerprint density at radius 3 is 2.77 bits per heavy atom. The maximum Gasteiger partial charge on any atom is 0.346 e. The number of carbonyl (C=O) groups is 2. The average molecular weight is 301 g/mol. The second-order valence-corrected chi connectivity index (χ2v) is 5.69. The first kappa shape index (κ1) is 14.8. The van der Waals surface area contributed by atoms with Crippen LogP contribution in [0.25, 0.3) is 0 Å². The van der Waals surface area contributed by atoms with Gasteiger partial charge in [-0.3, -0.25) is 4.79 Å². The summed E-state index contributed by atoms with van der Waals surface area (Å²) in [4.78, 5) is 24.2. The number of aryl methyl sites for hydroxylation is 1. The molecule has 22 heavy (non-hydrogen) atoms. The molecular weight excluding hydrogens is 282 g/mol. The first-order valence-corrected chi connectivity index (χ1v) is 7.62. The van der Waals surface area contributed by atoms with Gasteiger partial charge in [-0.25, -0.2) is 4.79 Å². The van der Waals surface area contributed by atoms with E-state index in [0.29, 0.717) is 19.3 Å². The lowest BCUT2D eigenvalue weighted by Gasteiger charge is -2.09. The Hall–Kier alpha value is -2.14. The third-order valence-corrected chi connectivity index (χ3v) is 4.18. The Kier molecular flexibility index (Phi) is 4.24. The van der Waals surface area contributed by atoms with Crippen molar-refractivity contribution < 1.29 is 19.4 Å². The molecule has 0 radical (unpaired) electrons. The summed E-state index contributed by atoms with van der Waals surface area (Å²) in [5.74, 6) is -1.25. The van der Waals surface area contributed by atoms with E-state index < -0.39 is 12.1 Å². The average Bonchev–Trinajstić information content (AvgIpc) is 3.15. The molecule has 0 aliphatic carbocycles. The number of ether oxygens (including phenoxy) is 1. The van der Waals surface area contributed by atoms with E-state index in [9.17, 15) is 14.7 Å². The molecule has 1 fully saturated rings. The van der Waals surface area contributed by atoms with Crippen LogP contribution in [-0.4, -0.2) is 35.5 Å². The molecule has 2 N–H and O–H groups in total. The van der Waals surface area contributed by atoms with Gasteiger partial charge < -0.3 is 15.2 Å². The molecule has 0 spiro atoms. The molecule has 0 aromatic heterocycles. The van der Waals surface area contributed by atoms with Crippen molar-refractivity contribution in [3.05, 3.63) is 47.2 Å². The zero-order chi connectivity index (χ0) is 15.5. The van der Waals surface area contributed by atoms with Crippen molar-refractivity contribution in [1.29, 1.82) is 0 Å². The largest absolute Gasteiger partial charge is 0.507 e. The molecule has 2 heterocycles. The molecule has 2 atom stereocenters. The Bertz CT molecular complexity index is 602. The van der Waals surface area contributed by atoms with Crippen LogP contribution >= 0.6 is 0 Å². The van der Waals surface area contributed by atoms with Crippen LogP contribution in [0.15, 0.2) is 41.7 Å². The van der Waals surface area contributed by atoms with Gasteiger partial charge in [0.05, 0.1) is 6.04 Å². The summed E-state index contributed by atoms with van der Waals surface area (Å²) in [5, 5.41) is 13.3. The summed E-state index contributed by atoms with van der Waals surface area (Å²) >= 11 is 0. The fraction of sp³-hybridized carbons (Fsp3) is 0.412.